The molecular weight excluding hydrogens is 467 g/mol. The lowest BCUT2D eigenvalue weighted by Crippen LogP contribution is -2.42. The molecule has 12 nitrogen and oxygen atoms in total. The summed E-state index contributed by atoms with van der Waals surface area (Å²) in [4.78, 5) is 17.3. The first-order valence-electron chi connectivity index (χ1n) is 10.5. The number of nitrogens with zero attached hydrogens (tertiary/aromatic N) is 2. The van der Waals surface area contributed by atoms with Gasteiger partial charge in [0, 0.05) is 6.20 Å². The highest BCUT2D eigenvalue weighted by atomic mass is 31.2. The number of rotatable bonds is 10. The molecule has 0 amide bonds. The number of Topliss-reactive ketones (excluding diaryl/α,β-unsaturated/α-hetero) is 1. The van der Waals surface area contributed by atoms with E-state index in [0.717, 1.165) is 0 Å². The first kappa shape index (κ1) is 26.0. The minimum atomic E-state index is -4.23. The summed E-state index contributed by atoms with van der Waals surface area (Å²) in [6.07, 6.45) is -3.10. The van der Waals surface area contributed by atoms with E-state index < -0.39 is 56.8 Å². The van der Waals surface area contributed by atoms with Crippen molar-refractivity contribution in [3.05, 3.63) is 55.0 Å². The summed E-state index contributed by atoms with van der Waals surface area (Å²) in [5, 5.41) is 32.8. The predicted octanol–water partition coefficient (Wildman–Crippen LogP) is 0.223. The second kappa shape index (κ2) is 10.8. The van der Waals surface area contributed by atoms with Crippen LogP contribution in [-0.2, 0) is 18.6 Å². The topological polar surface area (TPSA) is 176 Å². The Morgan fingerprint density at radius 2 is 2.00 bits per heavy atom. The molecule has 186 valence electrons. The van der Waals surface area contributed by atoms with Gasteiger partial charge in [0.05, 0.1) is 12.1 Å². The summed E-state index contributed by atoms with van der Waals surface area (Å²) < 4.78 is 30.6. The van der Waals surface area contributed by atoms with Gasteiger partial charge in [-0.25, -0.2) is 14.6 Å². The zero-order valence-corrected chi connectivity index (χ0v) is 19.6. The molecule has 1 fully saturated rings. The number of carbonyl (C=O) groups is 1. The zero-order valence-electron chi connectivity index (χ0n) is 18.7. The summed E-state index contributed by atoms with van der Waals surface area (Å²) in [5.41, 5.74) is 5.64. The number of ether oxygens (including phenoxy) is 1. The van der Waals surface area contributed by atoms with E-state index in [4.69, 9.17) is 24.6 Å². The van der Waals surface area contributed by atoms with Gasteiger partial charge in [0.15, 0.2) is 12.0 Å². The third kappa shape index (κ3) is 5.91. The zero-order chi connectivity index (χ0) is 25.0. The van der Waals surface area contributed by atoms with Gasteiger partial charge in [0.1, 0.15) is 42.3 Å². The number of aliphatic imine (C=N–C) groups is 1. The highest BCUT2D eigenvalue weighted by molar-refractivity contribution is 7.52. The van der Waals surface area contributed by atoms with Gasteiger partial charge in [-0.15, -0.1) is 0 Å². The largest absolute Gasteiger partial charge is 0.459 e. The number of ketones is 1. The molecule has 0 spiro atoms. The second-order valence-corrected chi connectivity index (χ2v) is 9.48. The van der Waals surface area contributed by atoms with Crippen LogP contribution in [0.1, 0.15) is 13.8 Å². The number of nitrogens with one attached hydrogen (secondary N) is 1. The van der Waals surface area contributed by atoms with E-state index in [-0.39, 0.29) is 17.4 Å². The van der Waals surface area contributed by atoms with Crippen molar-refractivity contribution in [2.45, 2.75) is 50.5 Å². The number of carbonyl (C=O) groups excluding carboxylic acids is 1. The second-order valence-electron chi connectivity index (χ2n) is 7.84. The molecule has 0 aliphatic carbocycles. The van der Waals surface area contributed by atoms with Crippen LogP contribution in [-0.4, -0.2) is 75.1 Å². The summed E-state index contributed by atoms with van der Waals surface area (Å²) >= 11 is 0. The fourth-order valence-electron chi connectivity index (χ4n) is 3.45. The molecule has 0 saturated carbocycles. The molecule has 0 bridgehead atoms. The fraction of sp³-hybridized carbons (Fsp3) is 0.429. The van der Waals surface area contributed by atoms with E-state index in [2.05, 4.69) is 16.7 Å². The number of aliphatic hydroxyl groups excluding tert-OH is 3. The summed E-state index contributed by atoms with van der Waals surface area (Å²) in [7, 11) is -4.23. The first-order chi connectivity index (χ1) is 16.0. The molecule has 5 unspecified atom stereocenters. The molecule has 13 heteroatoms. The quantitative estimate of drug-likeness (QED) is 0.280. The van der Waals surface area contributed by atoms with E-state index in [9.17, 15) is 19.6 Å². The van der Waals surface area contributed by atoms with Crippen LogP contribution in [0.25, 0.3) is 0 Å². The SMILES string of the molecule is C=C1N=C(N)C=CN1[C@@H]1O[C@H](C(C)OP(=O)(NC(C)C(=O)CO)Oc2ccccc2)C(O)C1O. The third-order valence-electron chi connectivity index (χ3n) is 5.24. The molecule has 3 rings (SSSR count). The number of para-hydroxylation sites is 1. The van der Waals surface area contributed by atoms with Crippen LogP contribution in [0.3, 0.4) is 0 Å². The molecule has 7 atom stereocenters. The molecule has 6 N–H and O–H groups in total. The van der Waals surface area contributed by atoms with Crippen LogP contribution in [0.2, 0.25) is 0 Å². The smallest absolute Gasteiger partial charge is 0.413 e. The van der Waals surface area contributed by atoms with Gasteiger partial charge < -0.3 is 35.2 Å². The van der Waals surface area contributed by atoms with Crippen molar-refractivity contribution in [2.75, 3.05) is 6.61 Å². The molecule has 34 heavy (non-hydrogen) atoms. The number of hydrogen-bond acceptors (Lipinski definition) is 11. The molecular formula is C21H29N4O8P. The molecule has 1 aromatic rings. The van der Waals surface area contributed by atoms with Crippen LogP contribution < -0.4 is 15.3 Å². The Labute approximate surface area is 196 Å². The first-order valence-corrected chi connectivity index (χ1v) is 12.0. The van der Waals surface area contributed by atoms with Gasteiger partial charge in [-0.1, -0.05) is 24.8 Å². The van der Waals surface area contributed by atoms with Gasteiger partial charge >= 0.3 is 7.75 Å². The fourth-order valence-corrected chi connectivity index (χ4v) is 5.18. The van der Waals surface area contributed by atoms with Crippen LogP contribution in [0.4, 0.5) is 0 Å². The average Bonchev–Trinajstić information content (AvgIpc) is 3.08. The highest BCUT2D eigenvalue weighted by Crippen LogP contribution is 2.47. The Morgan fingerprint density at radius 1 is 1.32 bits per heavy atom. The van der Waals surface area contributed by atoms with Crippen LogP contribution in [0.5, 0.6) is 5.75 Å². The van der Waals surface area contributed by atoms with Crippen molar-refractivity contribution in [1.29, 1.82) is 0 Å². The minimum Gasteiger partial charge on any atom is -0.413 e. The Bertz CT molecular complexity index is 1000. The van der Waals surface area contributed by atoms with Gasteiger partial charge in [0.25, 0.3) is 0 Å². The Morgan fingerprint density at radius 3 is 2.62 bits per heavy atom. The molecule has 1 aromatic carbocycles. The Hall–Kier alpha value is -2.57. The molecule has 0 aromatic heterocycles. The van der Waals surface area contributed by atoms with Crippen LogP contribution in [0, 0.1) is 0 Å². The van der Waals surface area contributed by atoms with Gasteiger partial charge in [0.2, 0.25) is 0 Å². The number of benzene rings is 1. The molecule has 2 aliphatic heterocycles. The lowest BCUT2D eigenvalue weighted by molar-refractivity contribution is -0.123. The maximum Gasteiger partial charge on any atom is 0.459 e. The van der Waals surface area contributed by atoms with E-state index >= 15 is 0 Å². The highest BCUT2D eigenvalue weighted by Gasteiger charge is 2.50. The van der Waals surface area contributed by atoms with E-state index in [1.54, 1.807) is 30.3 Å². The third-order valence-corrected chi connectivity index (χ3v) is 7.00. The number of hydrogen-bond donors (Lipinski definition) is 5. The number of nitrogens with two attached hydrogens (primary N) is 1. The van der Waals surface area contributed by atoms with E-state index in [1.165, 1.54) is 31.0 Å². The van der Waals surface area contributed by atoms with E-state index in [1.807, 2.05) is 0 Å². The van der Waals surface area contributed by atoms with Gasteiger partial charge in [-0.2, -0.15) is 0 Å². The number of aliphatic hydroxyl groups is 3. The standard InChI is InChI=1S/C21H29N4O8P/c1-12(16(27)11-26)24-34(30,33-15-7-5-4-6-8-15)32-13(2)20-18(28)19(29)21(31-20)25-10-9-17(22)23-14(25)3/h4-10,12-13,18-21,26,28-29H,3,11H2,1-2H3,(H2,22,23)(H,24,30)/t12?,13?,18?,19?,20-,21-,34?/m1/s1. The van der Waals surface area contributed by atoms with Gasteiger partial charge in [-0.05, 0) is 32.1 Å². The normalized spacial score (nSPS) is 28.2. The van der Waals surface area contributed by atoms with Crippen molar-refractivity contribution < 1.29 is 38.5 Å². The Balaban J connectivity index is 1.78. The maximum absolute atomic E-state index is 13.6. The lowest BCUT2D eigenvalue weighted by Gasteiger charge is -2.31. The summed E-state index contributed by atoms with van der Waals surface area (Å²) in [6.45, 7) is 5.86. The van der Waals surface area contributed by atoms with Crippen molar-refractivity contribution >= 4 is 19.4 Å². The van der Waals surface area contributed by atoms with Crippen molar-refractivity contribution in [1.82, 2.24) is 9.99 Å². The van der Waals surface area contributed by atoms with Crippen molar-refractivity contribution in [3.63, 3.8) is 0 Å². The van der Waals surface area contributed by atoms with Crippen molar-refractivity contribution in [2.24, 2.45) is 10.7 Å². The van der Waals surface area contributed by atoms with Gasteiger partial charge in [-0.3, -0.25) is 9.32 Å². The minimum absolute atomic E-state index is 0.196. The Kier molecular flexibility index (Phi) is 8.26. The summed E-state index contributed by atoms with van der Waals surface area (Å²) in [5.74, 6) is -0.0121. The average molecular weight is 496 g/mol. The van der Waals surface area contributed by atoms with Crippen LogP contribution in [0.15, 0.2) is 60.0 Å². The molecule has 2 aliphatic rings. The van der Waals surface area contributed by atoms with Crippen molar-refractivity contribution in [3.8, 4) is 5.75 Å². The molecule has 0 radical (unpaired) electrons. The monoisotopic (exact) mass is 496 g/mol. The lowest BCUT2D eigenvalue weighted by atomic mass is 10.1. The number of amidine groups is 1. The van der Waals surface area contributed by atoms with Crippen LogP contribution >= 0.6 is 7.75 Å². The summed E-state index contributed by atoms with van der Waals surface area (Å²) in [6, 6.07) is 7.07. The predicted molar refractivity (Wildman–Crippen MR) is 122 cm³/mol. The molecule has 1 saturated heterocycles. The maximum atomic E-state index is 13.6. The molecule has 2 heterocycles. The van der Waals surface area contributed by atoms with E-state index in [0.29, 0.717) is 0 Å².